The van der Waals surface area contributed by atoms with E-state index in [2.05, 4.69) is 6.58 Å². The van der Waals surface area contributed by atoms with Crippen molar-refractivity contribution in [3.63, 3.8) is 0 Å². The number of hydrogen-bond acceptors (Lipinski definition) is 7. The Morgan fingerprint density at radius 2 is 1.77 bits per heavy atom. The van der Waals surface area contributed by atoms with Crippen molar-refractivity contribution in [3.05, 3.63) is 34.4 Å². The van der Waals surface area contributed by atoms with Gasteiger partial charge in [-0.15, -0.1) is 0 Å². The van der Waals surface area contributed by atoms with Crippen molar-refractivity contribution < 1.29 is 92.1 Å². The molecule has 0 aromatic carbocycles. The maximum atomic E-state index is 12.1. The van der Waals surface area contributed by atoms with E-state index >= 15 is 0 Å². The van der Waals surface area contributed by atoms with Crippen LogP contribution in [0.1, 0.15) is 6.92 Å². The minimum Gasteiger partial charge on any atom is -0.545 e. The van der Waals surface area contributed by atoms with E-state index in [4.69, 9.17) is 0 Å². The normalized spacial score (nSPS) is 24.0. The van der Waals surface area contributed by atoms with Crippen molar-refractivity contribution in [1.29, 1.82) is 0 Å². The topological polar surface area (TPSA) is 135 Å². The summed E-state index contributed by atoms with van der Waals surface area (Å²) in [4.78, 5) is 33.2. The van der Waals surface area contributed by atoms with Crippen LogP contribution in [-0.2, 0) is 24.2 Å². The van der Waals surface area contributed by atoms with Crippen molar-refractivity contribution in [1.82, 2.24) is 4.90 Å². The molecule has 11 heteroatoms. The number of nitrogens with zero attached hydrogens (tertiary/aromatic N) is 1. The van der Waals surface area contributed by atoms with Gasteiger partial charge in [0.25, 0.3) is 5.91 Å². The van der Waals surface area contributed by atoms with Crippen LogP contribution in [0.2, 0.25) is 0 Å². The Hall–Kier alpha value is -0.420. The summed E-state index contributed by atoms with van der Waals surface area (Å²) in [7, 11) is -4.14. The zero-order chi connectivity index (χ0) is 15.4. The first-order chi connectivity index (χ1) is 9.10. The van der Waals surface area contributed by atoms with E-state index in [-0.39, 0.29) is 64.7 Å². The van der Waals surface area contributed by atoms with Crippen molar-refractivity contribution in [3.8, 4) is 0 Å². The van der Waals surface area contributed by atoms with Crippen LogP contribution in [0.25, 0.3) is 0 Å². The molecule has 1 unspecified atom stereocenters. The number of sulfone groups is 1. The molecule has 2 aliphatic heterocycles. The number of β-lactam (4-membered cyclic amide) rings is 1. The summed E-state index contributed by atoms with van der Waals surface area (Å²) in [6, 6.07) is 0. The average Bonchev–Trinajstić information content (AvgIpc) is 2.32. The Morgan fingerprint density at radius 1 is 1.27 bits per heavy atom. The van der Waals surface area contributed by atoms with Crippen LogP contribution in [0.3, 0.4) is 0 Å². The summed E-state index contributed by atoms with van der Waals surface area (Å²) in [5.74, 6) is -4.53. The van der Waals surface area contributed by atoms with Crippen LogP contribution < -0.4 is 69.3 Å². The number of aliphatic carboxylic acids is 2. The third-order valence-corrected chi connectivity index (χ3v) is 5.13. The number of carboxylic acid groups (broad SMARTS) is 2. The second-order valence-corrected chi connectivity index (χ2v) is 6.20. The van der Waals surface area contributed by atoms with Crippen molar-refractivity contribution in [2.75, 3.05) is 0 Å². The molecule has 2 rings (SSSR count). The first-order valence-corrected chi connectivity index (χ1v) is 6.77. The SMILES string of the molecule is C=C1C(C)=C(C(=O)[O-])N2C(=O)/C(=C/C(=O)[O-])C2S1(=O)=O.[Na+].[Na+]. The maximum Gasteiger partial charge on any atom is 1.00 e. The van der Waals surface area contributed by atoms with Gasteiger partial charge >= 0.3 is 59.1 Å². The molecule has 8 nitrogen and oxygen atoms in total. The first-order valence-electron chi connectivity index (χ1n) is 5.22. The molecule has 1 amide bonds. The summed E-state index contributed by atoms with van der Waals surface area (Å²) < 4.78 is 24.2. The van der Waals surface area contributed by atoms with Crippen LogP contribution in [0.5, 0.6) is 0 Å². The molecule has 0 bridgehead atoms. The van der Waals surface area contributed by atoms with Gasteiger partial charge < -0.3 is 19.8 Å². The molecule has 0 aliphatic carbocycles. The number of carbonyl (C=O) groups excluding carboxylic acids is 3. The molecule has 106 valence electrons. The predicted molar refractivity (Wildman–Crippen MR) is 59.5 cm³/mol. The van der Waals surface area contributed by atoms with Gasteiger partial charge in [0.05, 0.1) is 28.1 Å². The molecule has 0 N–H and O–H groups in total. The number of amides is 1. The van der Waals surface area contributed by atoms with Gasteiger partial charge in [0.2, 0.25) is 9.84 Å². The van der Waals surface area contributed by atoms with Gasteiger partial charge in [-0.05, 0) is 18.6 Å². The molecule has 0 spiro atoms. The zero-order valence-electron chi connectivity index (χ0n) is 12.1. The van der Waals surface area contributed by atoms with Gasteiger partial charge in [-0.3, -0.25) is 9.69 Å². The number of carboxylic acids is 2. The second-order valence-electron chi connectivity index (χ2n) is 4.18. The molecular weight excluding hydrogens is 336 g/mol. The van der Waals surface area contributed by atoms with Gasteiger partial charge in [0.1, 0.15) is 0 Å². The first kappa shape index (κ1) is 21.6. The summed E-state index contributed by atoms with van der Waals surface area (Å²) in [5.41, 5.74) is -1.42. The standard InChI is InChI=1S/C11H9NO7S.2Na/c1-4-5(2)20(18,19)10-6(3-7(13)14)9(15)12(10)8(4)11(16)17;;/h3,10H,2H2,1H3,(H,13,14)(H,16,17);;/q;2*+1/p-2/b6-3-;;. The molecule has 0 aromatic rings. The van der Waals surface area contributed by atoms with Gasteiger partial charge in [-0.1, -0.05) is 6.58 Å². The number of carbonyl (C=O) groups is 3. The Morgan fingerprint density at radius 3 is 2.18 bits per heavy atom. The minimum absolute atomic E-state index is 0. The number of rotatable bonds is 2. The van der Waals surface area contributed by atoms with E-state index in [1.807, 2.05) is 0 Å². The van der Waals surface area contributed by atoms with Gasteiger partial charge in [0, 0.05) is 0 Å². The van der Waals surface area contributed by atoms with Crippen LogP contribution in [0.4, 0.5) is 0 Å². The van der Waals surface area contributed by atoms with E-state index in [1.54, 1.807) is 0 Å². The Bertz CT molecular complexity index is 750. The van der Waals surface area contributed by atoms with Crippen molar-refractivity contribution >= 4 is 27.7 Å². The molecule has 2 aliphatic rings. The molecule has 0 saturated carbocycles. The number of hydrogen-bond donors (Lipinski definition) is 0. The van der Waals surface area contributed by atoms with E-state index < -0.39 is 49.2 Å². The molecule has 22 heavy (non-hydrogen) atoms. The molecule has 1 saturated heterocycles. The maximum absolute atomic E-state index is 12.1. The summed E-state index contributed by atoms with van der Waals surface area (Å²) >= 11 is 0. The molecule has 0 radical (unpaired) electrons. The van der Waals surface area contributed by atoms with E-state index in [0.29, 0.717) is 11.0 Å². The quantitative estimate of drug-likeness (QED) is 0.276. The Labute approximate surface area is 170 Å². The fourth-order valence-electron chi connectivity index (χ4n) is 2.12. The van der Waals surface area contributed by atoms with Crippen molar-refractivity contribution in [2.24, 2.45) is 0 Å². The van der Waals surface area contributed by atoms with Crippen LogP contribution in [0.15, 0.2) is 34.4 Å². The summed E-state index contributed by atoms with van der Waals surface area (Å²) in [6.07, 6.45) is 0.335. The monoisotopic (exact) mass is 343 g/mol. The van der Waals surface area contributed by atoms with Gasteiger partial charge in [-0.2, -0.15) is 0 Å². The summed E-state index contributed by atoms with van der Waals surface area (Å²) in [5, 5.41) is 19.8. The van der Waals surface area contributed by atoms with Crippen molar-refractivity contribution in [2.45, 2.75) is 12.3 Å². The zero-order valence-corrected chi connectivity index (χ0v) is 16.9. The van der Waals surface area contributed by atoms with E-state index in [0.717, 1.165) is 0 Å². The fourth-order valence-corrected chi connectivity index (χ4v) is 3.90. The smallest absolute Gasteiger partial charge is 0.545 e. The van der Waals surface area contributed by atoms with Crippen LogP contribution >= 0.6 is 0 Å². The average molecular weight is 343 g/mol. The molecule has 1 atom stereocenters. The Kier molecular flexibility index (Phi) is 6.86. The number of allylic oxidation sites excluding steroid dienone is 1. The summed E-state index contributed by atoms with van der Waals surface area (Å²) in [6.45, 7) is 4.45. The Balaban J connectivity index is 0.00000220. The van der Waals surface area contributed by atoms with Gasteiger partial charge in [-0.25, -0.2) is 8.42 Å². The molecule has 2 heterocycles. The van der Waals surface area contributed by atoms with E-state index in [1.165, 1.54) is 6.92 Å². The van der Waals surface area contributed by atoms with Crippen LogP contribution in [-0.4, -0.2) is 36.5 Å². The minimum atomic E-state index is -4.14. The van der Waals surface area contributed by atoms with Crippen LogP contribution in [0, 0.1) is 0 Å². The second kappa shape index (κ2) is 7.00. The largest absolute Gasteiger partial charge is 1.00 e. The van der Waals surface area contributed by atoms with E-state index in [9.17, 15) is 33.0 Å². The third-order valence-electron chi connectivity index (χ3n) is 3.08. The number of fused-ring (bicyclic) bond motifs is 1. The third kappa shape index (κ3) is 2.99. The van der Waals surface area contributed by atoms with Gasteiger partial charge in [0.15, 0.2) is 5.37 Å². The fraction of sp³-hybridized carbons (Fsp3) is 0.182. The molecular formula is C11H7NNa2O7S. The predicted octanol–water partition coefficient (Wildman–Crippen LogP) is -9.20. The molecule has 1 fully saturated rings. The molecule has 0 aromatic heterocycles.